The molecule has 0 spiro atoms. The van der Waals surface area contributed by atoms with Crippen LogP contribution in [-0.4, -0.2) is 33.2 Å². The molecule has 132 valence electrons. The zero-order valence-electron chi connectivity index (χ0n) is 14.0. The summed E-state index contributed by atoms with van der Waals surface area (Å²) in [5.74, 6) is 1.08. The molecule has 5 nitrogen and oxygen atoms in total. The number of halogens is 1. The van der Waals surface area contributed by atoms with Gasteiger partial charge in [0.1, 0.15) is 6.54 Å². The Morgan fingerprint density at radius 1 is 1.33 bits per heavy atom. The van der Waals surface area contributed by atoms with Gasteiger partial charge in [-0.05, 0) is 61.8 Å². The first-order chi connectivity index (χ1) is 11.2. The number of fused-ring (bicyclic) bond motifs is 2. The van der Waals surface area contributed by atoms with E-state index in [0.717, 1.165) is 28.6 Å². The monoisotopic (exact) mass is 414 g/mol. The fourth-order valence-corrected chi connectivity index (χ4v) is 5.08. The van der Waals surface area contributed by atoms with E-state index in [9.17, 15) is 13.2 Å². The van der Waals surface area contributed by atoms with Crippen molar-refractivity contribution in [2.24, 2.45) is 11.8 Å². The van der Waals surface area contributed by atoms with Gasteiger partial charge >= 0.3 is 0 Å². The zero-order valence-corrected chi connectivity index (χ0v) is 16.4. The highest BCUT2D eigenvalue weighted by Gasteiger charge is 2.40. The zero-order chi connectivity index (χ0) is 17.5. The highest BCUT2D eigenvalue weighted by atomic mass is 79.9. The Morgan fingerprint density at radius 2 is 2.08 bits per heavy atom. The van der Waals surface area contributed by atoms with Crippen LogP contribution in [0.25, 0.3) is 0 Å². The molecular formula is C17H23BrN2O3S. The smallest absolute Gasteiger partial charge is 0.241 e. The third kappa shape index (κ3) is 3.77. The summed E-state index contributed by atoms with van der Waals surface area (Å²) in [6.07, 6.45) is 5.82. The Morgan fingerprint density at radius 3 is 2.62 bits per heavy atom. The summed E-state index contributed by atoms with van der Waals surface area (Å²) >= 11 is 3.41. The third-order valence-electron chi connectivity index (χ3n) is 5.20. The molecule has 0 aliphatic heterocycles. The van der Waals surface area contributed by atoms with Crippen molar-refractivity contribution in [2.45, 2.75) is 38.6 Å². The maximum absolute atomic E-state index is 12.4. The predicted octanol–water partition coefficient (Wildman–Crippen LogP) is 2.83. The molecule has 0 radical (unpaired) electrons. The van der Waals surface area contributed by atoms with Crippen molar-refractivity contribution in [3.05, 3.63) is 28.2 Å². The molecule has 1 aromatic carbocycles. The van der Waals surface area contributed by atoms with Gasteiger partial charge in [-0.25, -0.2) is 8.42 Å². The molecule has 3 atom stereocenters. The summed E-state index contributed by atoms with van der Waals surface area (Å²) in [5, 5.41) is 3.05. The van der Waals surface area contributed by atoms with E-state index in [4.69, 9.17) is 0 Å². The van der Waals surface area contributed by atoms with E-state index < -0.39 is 10.0 Å². The second-order valence-corrected chi connectivity index (χ2v) is 9.81. The van der Waals surface area contributed by atoms with Crippen LogP contribution < -0.4 is 9.62 Å². The molecule has 1 N–H and O–H groups in total. The molecule has 2 aliphatic rings. The first-order valence-corrected chi connectivity index (χ1v) is 10.9. The van der Waals surface area contributed by atoms with Crippen LogP contribution in [-0.2, 0) is 14.8 Å². The second-order valence-electron chi connectivity index (χ2n) is 7.05. The summed E-state index contributed by atoms with van der Waals surface area (Å²) in [7, 11) is -3.53. The van der Waals surface area contributed by atoms with Gasteiger partial charge in [0.2, 0.25) is 15.9 Å². The molecule has 0 saturated heterocycles. The van der Waals surface area contributed by atoms with Gasteiger partial charge in [-0.1, -0.05) is 22.4 Å². The van der Waals surface area contributed by atoms with Crippen LogP contribution in [0.3, 0.4) is 0 Å². The highest BCUT2D eigenvalue weighted by molar-refractivity contribution is 9.10. The number of aryl methyl sites for hydroxylation is 1. The summed E-state index contributed by atoms with van der Waals surface area (Å²) in [6, 6.07) is 5.50. The van der Waals surface area contributed by atoms with Gasteiger partial charge in [-0.15, -0.1) is 0 Å². The molecule has 2 bridgehead atoms. The first kappa shape index (κ1) is 17.7. The fourth-order valence-electron chi connectivity index (χ4n) is 3.99. The number of nitrogens with zero attached hydrogens (tertiary/aromatic N) is 1. The summed E-state index contributed by atoms with van der Waals surface area (Å²) in [4.78, 5) is 12.4. The van der Waals surface area contributed by atoms with Crippen molar-refractivity contribution < 1.29 is 13.2 Å². The quantitative estimate of drug-likeness (QED) is 0.805. The topological polar surface area (TPSA) is 66.5 Å². The van der Waals surface area contributed by atoms with Crippen molar-refractivity contribution in [1.29, 1.82) is 0 Å². The molecule has 0 aromatic heterocycles. The van der Waals surface area contributed by atoms with Gasteiger partial charge in [0.15, 0.2) is 0 Å². The molecule has 1 aromatic rings. The van der Waals surface area contributed by atoms with Crippen molar-refractivity contribution in [1.82, 2.24) is 5.32 Å². The lowest BCUT2D eigenvalue weighted by Crippen LogP contribution is -2.45. The fraction of sp³-hybridized carbons (Fsp3) is 0.588. The summed E-state index contributed by atoms with van der Waals surface area (Å²) in [5.41, 5.74) is 1.44. The van der Waals surface area contributed by atoms with E-state index in [1.54, 1.807) is 18.2 Å². The molecule has 1 amide bonds. The largest absolute Gasteiger partial charge is 0.352 e. The number of hydrogen-bond acceptors (Lipinski definition) is 3. The molecular weight excluding hydrogens is 392 g/mol. The van der Waals surface area contributed by atoms with Gasteiger partial charge in [0, 0.05) is 10.5 Å². The van der Waals surface area contributed by atoms with Crippen LogP contribution in [0, 0.1) is 18.8 Å². The molecule has 2 aliphatic carbocycles. The van der Waals surface area contributed by atoms with E-state index in [0.29, 0.717) is 11.6 Å². The lowest BCUT2D eigenvalue weighted by atomic mass is 9.95. The van der Waals surface area contributed by atoms with Crippen LogP contribution in [0.5, 0.6) is 0 Å². The van der Waals surface area contributed by atoms with Crippen molar-refractivity contribution >= 4 is 37.5 Å². The highest BCUT2D eigenvalue weighted by Crippen LogP contribution is 2.44. The Hall–Kier alpha value is -1.08. The van der Waals surface area contributed by atoms with Gasteiger partial charge in [-0.3, -0.25) is 9.10 Å². The number of benzene rings is 1. The third-order valence-corrected chi connectivity index (χ3v) is 7.23. The molecule has 2 fully saturated rings. The lowest BCUT2D eigenvalue weighted by molar-refractivity contribution is -0.120. The molecule has 0 heterocycles. The normalized spacial score (nSPS) is 25.7. The average Bonchev–Trinajstić information content (AvgIpc) is 3.09. The lowest BCUT2D eigenvalue weighted by Gasteiger charge is -2.26. The van der Waals surface area contributed by atoms with Crippen LogP contribution >= 0.6 is 15.9 Å². The van der Waals surface area contributed by atoms with Gasteiger partial charge in [0.05, 0.1) is 11.9 Å². The number of carbonyl (C=O) groups is 1. The first-order valence-electron chi connectivity index (χ1n) is 8.27. The molecule has 0 unspecified atom stereocenters. The molecule has 3 rings (SSSR count). The summed E-state index contributed by atoms with van der Waals surface area (Å²) in [6.45, 7) is 1.72. The standard InChI is InChI=1S/C17H23BrN2O3S/c1-11-7-14(5-6-15(11)18)20(24(2,22)23)10-17(21)19-16-9-12-3-4-13(16)8-12/h5-7,12-13,16H,3-4,8-10H2,1-2H3,(H,19,21)/t12-,13-,16-/m1/s1. The van der Waals surface area contributed by atoms with Crippen LogP contribution in [0.1, 0.15) is 31.2 Å². The SMILES string of the molecule is Cc1cc(N(CC(=O)N[C@@H]2C[C@@H]3CC[C@@H]2C3)S(C)(=O)=O)ccc1Br. The van der Waals surface area contributed by atoms with Gasteiger partial charge < -0.3 is 5.32 Å². The van der Waals surface area contributed by atoms with Crippen molar-refractivity contribution in [2.75, 3.05) is 17.1 Å². The van der Waals surface area contributed by atoms with Crippen LogP contribution in [0.15, 0.2) is 22.7 Å². The van der Waals surface area contributed by atoms with Crippen molar-refractivity contribution in [3.8, 4) is 0 Å². The molecule has 24 heavy (non-hydrogen) atoms. The number of anilines is 1. The van der Waals surface area contributed by atoms with Gasteiger partial charge in [0.25, 0.3) is 0 Å². The molecule has 2 saturated carbocycles. The minimum Gasteiger partial charge on any atom is -0.352 e. The Labute approximate surface area is 152 Å². The van der Waals surface area contributed by atoms with E-state index >= 15 is 0 Å². The number of nitrogens with one attached hydrogen (secondary N) is 1. The van der Waals surface area contributed by atoms with E-state index in [-0.39, 0.29) is 18.5 Å². The Bertz CT molecular complexity index is 750. The van der Waals surface area contributed by atoms with E-state index in [2.05, 4.69) is 21.2 Å². The summed E-state index contributed by atoms with van der Waals surface area (Å²) < 4.78 is 26.4. The Kier molecular flexibility index (Phi) is 4.93. The number of rotatable bonds is 5. The number of hydrogen-bond donors (Lipinski definition) is 1. The number of sulfonamides is 1. The minimum atomic E-state index is -3.53. The number of amides is 1. The maximum atomic E-state index is 12.4. The van der Waals surface area contributed by atoms with E-state index in [1.807, 2.05) is 6.92 Å². The minimum absolute atomic E-state index is 0.173. The maximum Gasteiger partial charge on any atom is 0.241 e. The predicted molar refractivity (Wildman–Crippen MR) is 98.4 cm³/mol. The van der Waals surface area contributed by atoms with Crippen LogP contribution in [0.2, 0.25) is 0 Å². The number of carbonyl (C=O) groups excluding carboxylic acids is 1. The van der Waals surface area contributed by atoms with Gasteiger partial charge in [-0.2, -0.15) is 0 Å². The average molecular weight is 415 g/mol. The molecule has 7 heteroatoms. The second kappa shape index (κ2) is 6.67. The van der Waals surface area contributed by atoms with Crippen molar-refractivity contribution in [3.63, 3.8) is 0 Å². The Balaban J connectivity index is 1.72. The van der Waals surface area contributed by atoms with E-state index in [1.165, 1.54) is 23.6 Å². The van der Waals surface area contributed by atoms with Crippen LogP contribution in [0.4, 0.5) is 5.69 Å².